The molecule has 0 aliphatic carbocycles. The van der Waals surface area contributed by atoms with E-state index in [0.717, 1.165) is 47.7 Å². The van der Waals surface area contributed by atoms with E-state index in [1.54, 1.807) is 11.3 Å². The summed E-state index contributed by atoms with van der Waals surface area (Å²) in [7, 11) is 4.04. The van der Waals surface area contributed by atoms with E-state index in [1.807, 2.05) is 37.1 Å². The molecule has 5 nitrogen and oxygen atoms in total. The van der Waals surface area contributed by atoms with E-state index in [-0.39, 0.29) is 0 Å². The lowest BCUT2D eigenvalue weighted by atomic mass is 10.4. The van der Waals surface area contributed by atoms with Crippen molar-refractivity contribution in [3.8, 4) is 0 Å². The Balaban J connectivity index is 1.98. The van der Waals surface area contributed by atoms with Crippen LogP contribution in [-0.4, -0.2) is 40.5 Å². The number of thiazole rings is 1. The maximum Gasteiger partial charge on any atom is 0.194 e. The van der Waals surface area contributed by atoms with Gasteiger partial charge in [-0.25, -0.2) is 4.98 Å². The van der Waals surface area contributed by atoms with Crippen molar-refractivity contribution in [2.75, 3.05) is 20.1 Å². The summed E-state index contributed by atoms with van der Waals surface area (Å²) < 4.78 is 2.04. The average Bonchev–Trinajstić information content (AvgIpc) is 3.03. The number of hydrogen-bond donors (Lipinski definition) is 1. The van der Waals surface area contributed by atoms with Gasteiger partial charge >= 0.3 is 0 Å². The van der Waals surface area contributed by atoms with E-state index in [0.29, 0.717) is 0 Å². The van der Waals surface area contributed by atoms with Crippen LogP contribution < -0.4 is 5.32 Å². The number of nitrogens with one attached hydrogen (secondary N) is 1. The molecular weight excluding hydrogens is 330 g/mol. The van der Waals surface area contributed by atoms with Crippen LogP contribution in [0.4, 0.5) is 0 Å². The molecule has 0 fully saturated rings. The minimum Gasteiger partial charge on any atom is -0.357 e. The summed E-state index contributed by atoms with van der Waals surface area (Å²) in [5.74, 6) is 0.901. The van der Waals surface area contributed by atoms with Gasteiger partial charge in [0.25, 0.3) is 0 Å². The van der Waals surface area contributed by atoms with Crippen molar-refractivity contribution in [1.82, 2.24) is 19.8 Å². The molecule has 0 amide bonds. The fourth-order valence-corrected chi connectivity index (χ4v) is 3.33. The largest absolute Gasteiger partial charge is 0.357 e. The molecule has 0 spiro atoms. The minimum absolute atomic E-state index is 0.730. The van der Waals surface area contributed by atoms with Crippen LogP contribution in [-0.2, 0) is 20.0 Å². The van der Waals surface area contributed by atoms with Crippen LogP contribution in [0, 0.1) is 6.92 Å². The smallest absolute Gasteiger partial charge is 0.194 e. The lowest BCUT2D eigenvalue weighted by Gasteiger charge is -2.22. The van der Waals surface area contributed by atoms with Crippen LogP contribution in [0.15, 0.2) is 23.5 Å². The van der Waals surface area contributed by atoms with Crippen LogP contribution in [0.25, 0.3) is 0 Å². The molecule has 2 rings (SSSR count). The maximum absolute atomic E-state index is 6.05. The van der Waals surface area contributed by atoms with E-state index in [1.165, 1.54) is 4.88 Å². The van der Waals surface area contributed by atoms with Crippen molar-refractivity contribution < 1.29 is 0 Å². The van der Waals surface area contributed by atoms with Crippen molar-refractivity contribution in [2.24, 2.45) is 12.0 Å². The summed E-state index contributed by atoms with van der Waals surface area (Å²) in [6, 6.07) is 1.99. The number of aromatic nitrogens is 2. The second-order valence-electron chi connectivity index (χ2n) is 5.47. The number of rotatable bonds is 6. The van der Waals surface area contributed by atoms with Gasteiger partial charge in [-0.1, -0.05) is 11.6 Å². The molecule has 1 N–H and O–H groups in total. The Morgan fingerprint density at radius 1 is 1.52 bits per heavy atom. The lowest BCUT2D eigenvalue weighted by Crippen LogP contribution is -2.39. The highest BCUT2D eigenvalue weighted by Gasteiger charge is 2.09. The molecule has 0 saturated heterocycles. The molecule has 7 heteroatoms. The summed E-state index contributed by atoms with van der Waals surface area (Å²) in [5, 5.41) is 5.24. The predicted molar refractivity (Wildman–Crippen MR) is 98.4 cm³/mol. The molecule has 0 unspecified atom stereocenters. The molecule has 126 valence electrons. The molecule has 2 heterocycles. The van der Waals surface area contributed by atoms with Crippen LogP contribution >= 0.6 is 22.9 Å². The number of aryl methyl sites for hydroxylation is 2. The predicted octanol–water partition coefficient (Wildman–Crippen LogP) is 3.08. The van der Waals surface area contributed by atoms with Gasteiger partial charge in [0, 0.05) is 56.6 Å². The van der Waals surface area contributed by atoms with Gasteiger partial charge in [-0.3, -0.25) is 4.99 Å². The van der Waals surface area contributed by atoms with Crippen molar-refractivity contribution in [1.29, 1.82) is 0 Å². The summed E-state index contributed by atoms with van der Waals surface area (Å²) in [5.41, 5.74) is 1.15. The van der Waals surface area contributed by atoms with Gasteiger partial charge in [0.15, 0.2) is 5.96 Å². The number of aliphatic imine (C=N–C) groups is 1. The second-order valence-corrected chi connectivity index (χ2v) is 7.22. The van der Waals surface area contributed by atoms with Crippen LogP contribution in [0.1, 0.15) is 22.5 Å². The van der Waals surface area contributed by atoms with Crippen LogP contribution in [0.3, 0.4) is 0 Å². The van der Waals surface area contributed by atoms with Gasteiger partial charge in [0.2, 0.25) is 0 Å². The number of nitrogens with zero attached hydrogens (tertiary/aromatic N) is 4. The Morgan fingerprint density at radius 2 is 2.30 bits per heavy atom. The molecular formula is C16H24ClN5S. The second kappa shape index (κ2) is 8.36. The first kappa shape index (κ1) is 17.8. The summed E-state index contributed by atoms with van der Waals surface area (Å²) in [4.78, 5) is 12.4. The number of hydrogen-bond acceptors (Lipinski definition) is 3. The Kier molecular flexibility index (Phi) is 6.47. The Bertz CT molecular complexity index is 661. The zero-order valence-corrected chi connectivity index (χ0v) is 15.7. The monoisotopic (exact) mass is 353 g/mol. The summed E-state index contributed by atoms with van der Waals surface area (Å²) in [6.45, 7) is 6.48. The lowest BCUT2D eigenvalue weighted by molar-refractivity contribution is 0.462. The highest BCUT2D eigenvalue weighted by atomic mass is 35.5. The Morgan fingerprint density at radius 3 is 2.87 bits per heavy atom. The number of halogens is 1. The molecule has 2 aromatic heterocycles. The van der Waals surface area contributed by atoms with E-state index < -0.39 is 0 Å². The highest BCUT2D eigenvalue weighted by Crippen LogP contribution is 2.14. The summed E-state index contributed by atoms with van der Waals surface area (Å²) >= 11 is 7.79. The van der Waals surface area contributed by atoms with Gasteiger partial charge < -0.3 is 14.8 Å². The van der Waals surface area contributed by atoms with E-state index in [4.69, 9.17) is 16.6 Å². The van der Waals surface area contributed by atoms with Crippen molar-refractivity contribution in [2.45, 2.75) is 26.8 Å². The first-order valence-electron chi connectivity index (χ1n) is 7.71. The first-order chi connectivity index (χ1) is 11.0. The molecule has 0 saturated carbocycles. The SMILES string of the molecule is CCNC(=NCCc1ncc(C)s1)N(C)Cc1cc(Cl)cn1C. The summed E-state index contributed by atoms with van der Waals surface area (Å²) in [6.07, 6.45) is 4.71. The number of guanidine groups is 1. The zero-order valence-electron chi connectivity index (χ0n) is 14.1. The molecule has 0 aliphatic heterocycles. The Labute approximate surface area is 147 Å². The van der Waals surface area contributed by atoms with Crippen molar-refractivity contribution in [3.63, 3.8) is 0 Å². The third kappa shape index (κ3) is 5.25. The molecule has 2 aromatic rings. The van der Waals surface area contributed by atoms with Crippen molar-refractivity contribution >= 4 is 28.9 Å². The fraction of sp³-hybridized carbons (Fsp3) is 0.500. The maximum atomic E-state index is 6.05. The highest BCUT2D eigenvalue weighted by molar-refractivity contribution is 7.11. The standard InChI is InChI=1S/C16H24ClN5S/c1-5-18-16(19-7-6-15-20-9-12(2)23-15)22(4)11-14-8-13(17)10-21(14)3/h8-10H,5-7,11H2,1-4H3,(H,18,19). The normalized spacial score (nSPS) is 11.8. The topological polar surface area (TPSA) is 45.5 Å². The molecule has 0 atom stereocenters. The fourth-order valence-electron chi connectivity index (χ4n) is 2.29. The first-order valence-corrected chi connectivity index (χ1v) is 8.90. The third-order valence-electron chi connectivity index (χ3n) is 3.43. The van der Waals surface area contributed by atoms with Gasteiger partial charge in [-0.2, -0.15) is 0 Å². The van der Waals surface area contributed by atoms with Gasteiger partial charge in [-0.05, 0) is 19.9 Å². The quantitative estimate of drug-likeness (QED) is 0.641. The minimum atomic E-state index is 0.730. The third-order valence-corrected chi connectivity index (χ3v) is 4.61. The van der Waals surface area contributed by atoms with Crippen LogP contribution in [0.2, 0.25) is 5.02 Å². The van der Waals surface area contributed by atoms with Crippen molar-refractivity contribution in [3.05, 3.63) is 39.1 Å². The van der Waals surface area contributed by atoms with E-state index in [9.17, 15) is 0 Å². The molecule has 0 bridgehead atoms. The zero-order chi connectivity index (χ0) is 16.8. The average molecular weight is 354 g/mol. The van der Waals surface area contributed by atoms with Gasteiger partial charge in [0.05, 0.1) is 16.6 Å². The Hall–Kier alpha value is -1.53. The van der Waals surface area contributed by atoms with Crippen LogP contribution in [0.5, 0.6) is 0 Å². The molecule has 0 aromatic carbocycles. The van der Waals surface area contributed by atoms with Gasteiger partial charge in [-0.15, -0.1) is 11.3 Å². The van der Waals surface area contributed by atoms with E-state index >= 15 is 0 Å². The molecule has 23 heavy (non-hydrogen) atoms. The van der Waals surface area contributed by atoms with E-state index in [2.05, 4.69) is 29.0 Å². The van der Waals surface area contributed by atoms with Gasteiger partial charge in [0.1, 0.15) is 0 Å². The molecule has 0 aliphatic rings. The molecule has 0 radical (unpaired) electrons.